The van der Waals surface area contributed by atoms with Gasteiger partial charge in [0.2, 0.25) is 10.0 Å². The largest absolute Gasteiger partial charge is 0.364 e. The van der Waals surface area contributed by atoms with Crippen LogP contribution in [-0.2, 0) is 16.6 Å². The van der Waals surface area contributed by atoms with Crippen LogP contribution in [0.25, 0.3) is 0 Å². The first-order valence-electron chi connectivity index (χ1n) is 6.26. The molecule has 7 heteroatoms. The van der Waals surface area contributed by atoms with Crippen molar-refractivity contribution in [3.63, 3.8) is 0 Å². The molecule has 1 aromatic rings. The zero-order valence-electron chi connectivity index (χ0n) is 10.3. The molecule has 0 radical (unpaired) electrons. The average molecular weight is 273 g/mol. The Hall–Kier alpha value is -0.920. The van der Waals surface area contributed by atoms with Crippen molar-refractivity contribution >= 4 is 10.0 Å². The fourth-order valence-corrected chi connectivity index (χ4v) is 3.16. The lowest BCUT2D eigenvalue weighted by Gasteiger charge is -2.23. The van der Waals surface area contributed by atoms with Gasteiger partial charge in [-0.1, -0.05) is 11.6 Å². The number of nitrogens with one attached hydrogen (secondary N) is 2. The van der Waals surface area contributed by atoms with Gasteiger partial charge in [-0.05, 0) is 25.8 Å². The number of nitrogens with zero attached hydrogens (tertiary/aromatic N) is 1. The van der Waals surface area contributed by atoms with Gasteiger partial charge in [-0.3, -0.25) is 0 Å². The van der Waals surface area contributed by atoms with E-state index in [1.165, 1.54) is 19.1 Å². The minimum Gasteiger partial charge on any atom is -0.364 e. The predicted octanol–water partition coefficient (Wildman–Crippen LogP) is 0.626. The molecule has 0 amide bonds. The van der Waals surface area contributed by atoms with Crippen LogP contribution in [0.5, 0.6) is 0 Å². The van der Waals surface area contributed by atoms with Gasteiger partial charge in [0.1, 0.15) is 6.26 Å². The molecular formula is C11H19N3O3S. The fourth-order valence-electron chi connectivity index (χ4n) is 2.05. The van der Waals surface area contributed by atoms with E-state index >= 15 is 0 Å². The summed E-state index contributed by atoms with van der Waals surface area (Å²) in [5, 5.41) is 7.00. The van der Waals surface area contributed by atoms with Crippen LogP contribution < -0.4 is 10.0 Å². The number of piperidine rings is 1. The van der Waals surface area contributed by atoms with Crippen LogP contribution in [0.2, 0.25) is 0 Å². The Balaban J connectivity index is 1.73. The lowest BCUT2D eigenvalue weighted by molar-refractivity contribution is 0.392. The van der Waals surface area contributed by atoms with E-state index in [2.05, 4.69) is 19.7 Å². The van der Waals surface area contributed by atoms with Gasteiger partial charge < -0.3 is 9.84 Å². The summed E-state index contributed by atoms with van der Waals surface area (Å²) in [5.41, 5.74) is 0.592. The van der Waals surface area contributed by atoms with Crippen molar-refractivity contribution in [2.24, 2.45) is 0 Å². The molecule has 0 aliphatic carbocycles. The molecule has 0 saturated carbocycles. The summed E-state index contributed by atoms with van der Waals surface area (Å²) < 4.78 is 30.7. The summed E-state index contributed by atoms with van der Waals surface area (Å²) in [6, 6.07) is 1.98. The van der Waals surface area contributed by atoms with Crippen molar-refractivity contribution in [2.75, 3.05) is 12.3 Å². The highest BCUT2D eigenvalue weighted by molar-refractivity contribution is 7.89. The normalized spacial score (nSPS) is 21.0. The summed E-state index contributed by atoms with van der Waals surface area (Å²) >= 11 is 0. The van der Waals surface area contributed by atoms with Crippen LogP contribution in [0.15, 0.2) is 16.9 Å². The number of sulfonamides is 1. The lowest BCUT2D eigenvalue weighted by atomic mass is 10.0. The highest BCUT2D eigenvalue weighted by Gasteiger charge is 2.17. The van der Waals surface area contributed by atoms with Crippen LogP contribution in [0.3, 0.4) is 0 Å². The third-order valence-electron chi connectivity index (χ3n) is 3.11. The highest BCUT2D eigenvalue weighted by atomic mass is 32.2. The minimum absolute atomic E-state index is 0.155. The molecule has 1 aromatic heterocycles. The molecule has 1 unspecified atom stereocenters. The van der Waals surface area contributed by atoms with E-state index < -0.39 is 10.0 Å². The predicted molar refractivity (Wildman–Crippen MR) is 67.4 cm³/mol. The van der Waals surface area contributed by atoms with Gasteiger partial charge in [0, 0.05) is 12.1 Å². The molecule has 0 spiro atoms. The zero-order chi connectivity index (χ0) is 12.8. The van der Waals surface area contributed by atoms with Crippen LogP contribution in [0.1, 0.15) is 31.4 Å². The second-order valence-electron chi connectivity index (χ2n) is 4.57. The minimum atomic E-state index is -3.23. The molecule has 1 saturated heterocycles. The smallest absolute Gasteiger partial charge is 0.212 e. The van der Waals surface area contributed by atoms with E-state index in [0.717, 1.165) is 13.0 Å². The summed E-state index contributed by atoms with van der Waals surface area (Å²) in [6.45, 7) is 1.19. The average Bonchev–Trinajstić information content (AvgIpc) is 2.89. The van der Waals surface area contributed by atoms with Crippen molar-refractivity contribution in [3.05, 3.63) is 18.0 Å². The standard InChI is InChI=1S/C11H19N3O3S/c15-18(16,13-9-11-4-7-17-14-11)8-5-10-3-1-2-6-12-10/h4,7,10,12-13H,1-3,5-6,8-9H2. The van der Waals surface area contributed by atoms with Crippen molar-refractivity contribution in [2.45, 2.75) is 38.3 Å². The van der Waals surface area contributed by atoms with E-state index in [0.29, 0.717) is 18.2 Å². The van der Waals surface area contributed by atoms with E-state index in [9.17, 15) is 8.42 Å². The van der Waals surface area contributed by atoms with Crippen LogP contribution in [0, 0.1) is 0 Å². The third-order valence-corrected chi connectivity index (χ3v) is 4.47. The first-order valence-corrected chi connectivity index (χ1v) is 7.91. The Bertz CT molecular complexity index is 438. The topological polar surface area (TPSA) is 84.2 Å². The summed E-state index contributed by atoms with van der Waals surface area (Å²) in [5.74, 6) is 0.155. The van der Waals surface area contributed by atoms with E-state index in [1.54, 1.807) is 6.07 Å². The molecule has 1 fully saturated rings. The van der Waals surface area contributed by atoms with Gasteiger partial charge >= 0.3 is 0 Å². The van der Waals surface area contributed by atoms with Crippen LogP contribution in [0.4, 0.5) is 0 Å². The van der Waals surface area contributed by atoms with E-state index in [4.69, 9.17) is 0 Å². The number of hydrogen-bond donors (Lipinski definition) is 2. The molecule has 2 N–H and O–H groups in total. The van der Waals surface area contributed by atoms with Gasteiger partial charge in [-0.25, -0.2) is 13.1 Å². The Morgan fingerprint density at radius 1 is 1.50 bits per heavy atom. The molecular weight excluding hydrogens is 254 g/mol. The third kappa shape index (κ3) is 4.40. The number of aromatic nitrogens is 1. The fraction of sp³-hybridized carbons (Fsp3) is 0.727. The van der Waals surface area contributed by atoms with Crippen LogP contribution >= 0.6 is 0 Å². The maximum atomic E-state index is 11.8. The monoisotopic (exact) mass is 273 g/mol. The first-order chi connectivity index (χ1) is 8.66. The molecule has 0 aromatic carbocycles. The maximum Gasteiger partial charge on any atom is 0.212 e. The summed E-state index contributed by atoms with van der Waals surface area (Å²) in [7, 11) is -3.23. The molecule has 1 atom stereocenters. The van der Waals surface area contributed by atoms with Gasteiger partial charge in [0.15, 0.2) is 0 Å². The van der Waals surface area contributed by atoms with E-state index in [-0.39, 0.29) is 12.3 Å². The van der Waals surface area contributed by atoms with Gasteiger partial charge in [-0.2, -0.15) is 0 Å². The van der Waals surface area contributed by atoms with Crippen molar-refractivity contribution in [3.8, 4) is 0 Å². The second kappa shape index (κ2) is 6.31. The number of hydrogen-bond acceptors (Lipinski definition) is 5. The molecule has 2 rings (SSSR count). The Morgan fingerprint density at radius 2 is 2.39 bits per heavy atom. The van der Waals surface area contributed by atoms with Gasteiger partial charge in [0.05, 0.1) is 18.0 Å². The Labute approximate surface area is 107 Å². The molecule has 102 valence electrons. The molecule has 0 bridgehead atoms. The molecule has 6 nitrogen and oxygen atoms in total. The van der Waals surface area contributed by atoms with Crippen molar-refractivity contribution in [1.82, 2.24) is 15.2 Å². The second-order valence-corrected chi connectivity index (χ2v) is 6.49. The summed E-state index contributed by atoms with van der Waals surface area (Å²) in [6.07, 6.45) is 5.53. The van der Waals surface area contributed by atoms with E-state index in [1.807, 2.05) is 0 Å². The van der Waals surface area contributed by atoms with Gasteiger partial charge in [-0.15, -0.1) is 0 Å². The quantitative estimate of drug-likeness (QED) is 0.794. The van der Waals surface area contributed by atoms with Crippen molar-refractivity contribution < 1.29 is 12.9 Å². The Kier molecular flexibility index (Phi) is 4.73. The van der Waals surface area contributed by atoms with Crippen LogP contribution in [-0.4, -0.2) is 31.9 Å². The first kappa shape index (κ1) is 13.5. The van der Waals surface area contributed by atoms with Crippen molar-refractivity contribution in [1.29, 1.82) is 0 Å². The zero-order valence-corrected chi connectivity index (χ0v) is 11.1. The summed E-state index contributed by atoms with van der Waals surface area (Å²) in [4.78, 5) is 0. The molecule has 1 aliphatic rings. The lowest BCUT2D eigenvalue weighted by Crippen LogP contribution is -2.37. The maximum absolute atomic E-state index is 11.8. The molecule has 18 heavy (non-hydrogen) atoms. The number of rotatable bonds is 6. The SMILES string of the molecule is O=S(=O)(CCC1CCCCN1)NCc1ccon1. The molecule has 1 aliphatic heterocycles. The Morgan fingerprint density at radius 3 is 3.06 bits per heavy atom. The molecule has 2 heterocycles. The van der Waals surface area contributed by atoms with Gasteiger partial charge in [0.25, 0.3) is 0 Å². The highest BCUT2D eigenvalue weighted by Crippen LogP contribution is 2.10.